The minimum Gasteiger partial charge on any atom is -0.271 e. The molecule has 0 aliphatic rings. The molecule has 102 valence electrons. The first-order valence-electron chi connectivity index (χ1n) is 6.30. The molecule has 1 unspecified atom stereocenters. The number of hydrogen-bond donors (Lipinski definition) is 2. The van der Waals surface area contributed by atoms with Crippen LogP contribution in [0, 0.1) is 0 Å². The monoisotopic (exact) mass is 303 g/mol. The van der Waals surface area contributed by atoms with E-state index in [1.807, 2.05) is 12.1 Å². The lowest BCUT2D eigenvalue weighted by atomic mass is 10.00. The van der Waals surface area contributed by atoms with Crippen molar-refractivity contribution >= 4 is 33.0 Å². The number of thiophene rings is 1. The van der Waals surface area contributed by atoms with Crippen LogP contribution in [-0.2, 0) is 6.42 Å². The zero-order chi connectivity index (χ0) is 13.9. The standard InChI is InChI=1S/C15H14ClN3S/c16-15-8-10(5-6-18-15)13(19-17)7-11-9-20-14-4-2-1-3-12(11)14/h1-6,8-9,13,19H,7,17H2. The largest absolute Gasteiger partial charge is 0.271 e. The first-order chi connectivity index (χ1) is 9.78. The van der Waals surface area contributed by atoms with Gasteiger partial charge in [0.05, 0.1) is 6.04 Å². The van der Waals surface area contributed by atoms with E-state index in [1.165, 1.54) is 15.6 Å². The summed E-state index contributed by atoms with van der Waals surface area (Å²) in [5.74, 6) is 5.71. The van der Waals surface area contributed by atoms with Crippen molar-refractivity contribution < 1.29 is 0 Å². The van der Waals surface area contributed by atoms with Gasteiger partial charge >= 0.3 is 0 Å². The number of rotatable bonds is 4. The number of pyridine rings is 1. The van der Waals surface area contributed by atoms with Crippen molar-refractivity contribution in [2.45, 2.75) is 12.5 Å². The minimum atomic E-state index is 0.0218. The van der Waals surface area contributed by atoms with E-state index in [2.05, 4.69) is 40.1 Å². The number of halogens is 1. The molecule has 0 amide bonds. The molecule has 3 N–H and O–H groups in total. The Balaban J connectivity index is 1.92. The van der Waals surface area contributed by atoms with Crippen LogP contribution in [0.1, 0.15) is 17.2 Å². The van der Waals surface area contributed by atoms with Gasteiger partial charge in [0.25, 0.3) is 0 Å². The summed E-state index contributed by atoms with van der Waals surface area (Å²) < 4.78 is 1.30. The maximum Gasteiger partial charge on any atom is 0.129 e. The molecule has 3 nitrogen and oxygen atoms in total. The first-order valence-corrected chi connectivity index (χ1v) is 7.56. The topological polar surface area (TPSA) is 50.9 Å². The molecule has 0 saturated heterocycles. The van der Waals surface area contributed by atoms with E-state index in [0.29, 0.717) is 5.15 Å². The number of benzene rings is 1. The zero-order valence-corrected chi connectivity index (χ0v) is 12.3. The lowest BCUT2D eigenvalue weighted by molar-refractivity contribution is 0.553. The Labute approximate surface area is 126 Å². The summed E-state index contributed by atoms with van der Waals surface area (Å²) in [6.07, 6.45) is 2.52. The van der Waals surface area contributed by atoms with Crippen LogP contribution in [0.3, 0.4) is 0 Å². The van der Waals surface area contributed by atoms with Crippen molar-refractivity contribution in [2.75, 3.05) is 0 Å². The summed E-state index contributed by atoms with van der Waals surface area (Å²) in [6.45, 7) is 0. The van der Waals surface area contributed by atoms with Crippen LogP contribution in [0.15, 0.2) is 48.0 Å². The Kier molecular flexibility index (Phi) is 3.98. The fourth-order valence-corrected chi connectivity index (χ4v) is 3.48. The predicted molar refractivity (Wildman–Crippen MR) is 84.8 cm³/mol. The van der Waals surface area contributed by atoms with Gasteiger partial charge in [0, 0.05) is 10.9 Å². The Hall–Kier alpha value is -1.46. The third kappa shape index (κ3) is 2.69. The van der Waals surface area contributed by atoms with Crippen LogP contribution in [0.2, 0.25) is 5.15 Å². The van der Waals surface area contributed by atoms with Crippen LogP contribution < -0.4 is 11.3 Å². The predicted octanol–water partition coefficient (Wildman–Crippen LogP) is 3.70. The van der Waals surface area contributed by atoms with Crippen LogP contribution in [-0.4, -0.2) is 4.98 Å². The molecule has 20 heavy (non-hydrogen) atoms. The number of nitrogens with zero attached hydrogens (tertiary/aromatic N) is 1. The highest BCUT2D eigenvalue weighted by atomic mass is 35.5. The van der Waals surface area contributed by atoms with E-state index in [4.69, 9.17) is 17.4 Å². The molecule has 1 aromatic carbocycles. The van der Waals surface area contributed by atoms with E-state index in [0.717, 1.165) is 12.0 Å². The Bertz CT molecular complexity index is 726. The van der Waals surface area contributed by atoms with Crippen LogP contribution in [0.4, 0.5) is 0 Å². The third-order valence-corrected chi connectivity index (χ3v) is 4.56. The maximum absolute atomic E-state index is 5.95. The molecular weight excluding hydrogens is 290 g/mol. The molecule has 0 aliphatic carbocycles. The van der Waals surface area contributed by atoms with Gasteiger partial charge < -0.3 is 0 Å². The number of fused-ring (bicyclic) bond motifs is 1. The first kappa shape index (κ1) is 13.5. The summed E-state index contributed by atoms with van der Waals surface area (Å²) in [4.78, 5) is 4.00. The number of aromatic nitrogens is 1. The van der Waals surface area contributed by atoms with Gasteiger partial charge in [0.2, 0.25) is 0 Å². The average Bonchev–Trinajstić information content (AvgIpc) is 2.88. The molecule has 0 aliphatic heterocycles. The zero-order valence-electron chi connectivity index (χ0n) is 10.7. The smallest absolute Gasteiger partial charge is 0.129 e. The van der Waals surface area contributed by atoms with E-state index in [9.17, 15) is 0 Å². The fourth-order valence-electron chi connectivity index (χ4n) is 2.32. The highest BCUT2D eigenvalue weighted by Crippen LogP contribution is 2.29. The molecule has 0 spiro atoms. The van der Waals surface area contributed by atoms with Gasteiger partial charge in [-0.05, 0) is 46.5 Å². The Morgan fingerprint density at radius 1 is 1.30 bits per heavy atom. The van der Waals surface area contributed by atoms with Crippen LogP contribution in [0.25, 0.3) is 10.1 Å². The molecule has 5 heteroatoms. The summed E-state index contributed by atoms with van der Waals surface area (Å²) in [5, 5.41) is 3.97. The summed E-state index contributed by atoms with van der Waals surface area (Å²) in [7, 11) is 0. The van der Waals surface area contributed by atoms with Crippen molar-refractivity contribution in [1.29, 1.82) is 0 Å². The second kappa shape index (κ2) is 5.89. The fraction of sp³-hybridized carbons (Fsp3) is 0.133. The van der Waals surface area contributed by atoms with Crippen molar-refractivity contribution in [3.05, 3.63) is 64.3 Å². The van der Waals surface area contributed by atoms with Crippen molar-refractivity contribution in [3.8, 4) is 0 Å². The van der Waals surface area contributed by atoms with Crippen molar-refractivity contribution in [3.63, 3.8) is 0 Å². The summed E-state index contributed by atoms with van der Waals surface area (Å²) in [5.41, 5.74) is 5.20. The normalized spacial score (nSPS) is 12.7. The number of hydrogen-bond acceptors (Lipinski definition) is 4. The Morgan fingerprint density at radius 2 is 2.15 bits per heavy atom. The lowest BCUT2D eigenvalue weighted by Gasteiger charge is -2.16. The average molecular weight is 304 g/mol. The van der Waals surface area contributed by atoms with Gasteiger partial charge in [-0.2, -0.15) is 0 Å². The van der Waals surface area contributed by atoms with Gasteiger partial charge in [-0.25, -0.2) is 4.98 Å². The van der Waals surface area contributed by atoms with E-state index < -0.39 is 0 Å². The second-order valence-corrected chi connectivity index (χ2v) is 5.89. The maximum atomic E-state index is 5.95. The molecule has 2 aromatic heterocycles. The molecule has 1 atom stereocenters. The summed E-state index contributed by atoms with van der Waals surface area (Å²) >= 11 is 7.70. The molecular formula is C15H14ClN3S. The molecule has 3 rings (SSSR count). The molecule has 3 aromatic rings. The van der Waals surface area contributed by atoms with Gasteiger partial charge in [-0.1, -0.05) is 29.8 Å². The molecule has 0 saturated carbocycles. The Morgan fingerprint density at radius 3 is 2.95 bits per heavy atom. The molecule has 2 heterocycles. The van der Waals surface area contributed by atoms with E-state index >= 15 is 0 Å². The molecule has 0 fully saturated rings. The highest BCUT2D eigenvalue weighted by Gasteiger charge is 2.14. The third-order valence-electron chi connectivity index (χ3n) is 3.34. The summed E-state index contributed by atoms with van der Waals surface area (Å²) in [6, 6.07) is 12.2. The molecule has 0 bridgehead atoms. The van der Waals surface area contributed by atoms with Gasteiger partial charge in [0.15, 0.2) is 0 Å². The number of nitrogens with two attached hydrogens (primary N) is 1. The number of nitrogens with one attached hydrogen (secondary N) is 1. The van der Waals surface area contributed by atoms with Crippen molar-refractivity contribution in [1.82, 2.24) is 10.4 Å². The van der Waals surface area contributed by atoms with Crippen LogP contribution >= 0.6 is 22.9 Å². The minimum absolute atomic E-state index is 0.0218. The van der Waals surface area contributed by atoms with Gasteiger partial charge in [0.1, 0.15) is 5.15 Å². The second-order valence-electron chi connectivity index (χ2n) is 4.59. The lowest BCUT2D eigenvalue weighted by Crippen LogP contribution is -2.29. The van der Waals surface area contributed by atoms with Gasteiger partial charge in [-0.15, -0.1) is 11.3 Å². The van der Waals surface area contributed by atoms with E-state index in [1.54, 1.807) is 17.5 Å². The van der Waals surface area contributed by atoms with Crippen molar-refractivity contribution in [2.24, 2.45) is 5.84 Å². The number of hydrazine groups is 1. The molecule has 0 radical (unpaired) electrons. The van der Waals surface area contributed by atoms with Gasteiger partial charge in [-0.3, -0.25) is 11.3 Å². The SMILES string of the molecule is NNC(Cc1csc2ccccc12)c1ccnc(Cl)c1. The van der Waals surface area contributed by atoms with E-state index in [-0.39, 0.29) is 6.04 Å². The quantitative estimate of drug-likeness (QED) is 0.439. The van der Waals surface area contributed by atoms with Crippen LogP contribution in [0.5, 0.6) is 0 Å². The highest BCUT2D eigenvalue weighted by molar-refractivity contribution is 7.17.